The fourth-order valence-electron chi connectivity index (χ4n) is 1.25. The SMILES string of the molecule is Cl.NNc1ccccc1.O=[N+]([O-])c1cccc([N+](=O)[O-])c1. The van der Waals surface area contributed by atoms with Crippen LogP contribution in [0.4, 0.5) is 17.1 Å². The third-order valence-electron chi connectivity index (χ3n) is 2.19. The molecule has 0 atom stereocenters. The molecule has 0 fully saturated rings. The van der Waals surface area contributed by atoms with Gasteiger partial charge in [0.25, 0.3) is 11.4 Å². The summed E-state index contributed by atoms with van der Waals surface area (Å²) in [6, 6.07) is 14.2. The van der Waals surface area contributed by atoms with E-state index in [4.69, 9.17) is 5.84 Å². The number of nitro benzene ring substituents is 2. The highest BCUT2D eigenvalue weighted by atomic mass is 35.5. The molecule has 8 nitrogen and oxygen atoms in total. The maximum absolute atomic E-state index is 10.2. The summed E-state index contributed by atoms with van der Waals surface area (Å²) < 4.78 is 0. The van der Waals surface area contributed by atoms with Crippen LogP contribution in [0.2, 0.25) is 0 Å². The molecule has 0 unspecified atom stereocenters. The molecule has 3 N–H and O–H groups in total. The quantitative estimate of drug-likeness (QED) is 0.510. The van der Waals surface area contributed by atoms with Gasteiger partial charge >= 0.3 is 0 Å². The zero-order valence-corrected chi connectivity index (χ0v) is 11.5. The number of hydrazine groups is 1. The summed E-state index contributed by atoms with van der Waals surface area (Å²) in [6.07, 6.45) is 0. The Morgan fingerprint density at radius 2 is 1.33 bits per heavy atom. The van der Waals surface area contributed by atoms with E-state index >= 15 is 0 Å². The third kappa shape index (κ3) is 6.32. The topological polar surface area (TPSA) is 124 Å². The molecule has 9 heteroatoms. The Bertz CT molecular complexity index is 566. The largest absolute Gasteiger partial charge is 0.324 e. The number of nitro groups is 2. The van der Waals surface area contributed by atoms with Crippen LogP contribution in [-0.4, -0.2) is 9.85 Å². The van der Waals surface area contributed by atoms with Gasteiger partial charge < -0.3 is 5.43 Å². The van der Waals surface area contributed by atoms with Gasteiger partial charge in [0.1, 0.15) is 0 Å². The molecule has 0 aromatic heterocycles. The van der Waals surface area contributed by atoms with E-state index in [1.165, 1.54) is 18.2 Å². The Balaban J connectivity index is 0.000000390. The van der Waals surface area contributed by atoms with Gasteiger partial charge in [-0.15, -0.1) is 12.4 Å². The molecule has 0 bridgehead atoms. The van der Waals surface area contributed by atoms with Crippen LogP contribution in [0, 0.1) is 20.2 Å². The van der Waals surface area contributed by atoms with Crippen molar-refractivity contribution in [3.8, 4) is 0 Å². The number of nitrogens with one attached hydrogen (secondary N) is 1. The van der Waals surface area contributed by atoms with Crippen LogP contribution < -0.4 is 11.3 Å². The van der Waals surface area contributed by atoms with Crippen molar-refractivity contribution >= 4 is 29.5 Å². The van der Waals surface area contributed by atoms with E-state index < -0.39 is 9.85 Å². The van der Waals surface area contributed by atoms with E-state index in [1.54, 1.807) is 0 Å². The molecule has 21 heavy (non-hydrogen) atoms. The Morgan fingerprint density at radius 1 is 0.857 bits per heavy atom. The van der Waals surface area contributed by atoms with E-state index in [9.17, 15) is 20.2 Å². The molecule has 0 aliphatic rings. The number of anilines is 1. The van der Waals surface area contributed by atoms with Crippen molar-refractivity contribution in [2.24, 2.45) is 5.84 Å². The molecule has 0 saturated carbocycles. The molecular weight excluding hydrogens is 300 g/mol. The van der Waals surface area contributed by atoms with E-state index in [1.807, 2.05) is 30.3 Å². The van der Waals surface area contributed by atoms with Crippen molar-refractivity contribution in [2.45, 2.75) is 0 Å². The molecule has 0 aliphatic carbocycles. The van der Waals surface area contributed by atoms with Crippen molar-refractivity contribution in [1.82, 2.24) is 0 Å². The van der Waals surface area contributed by atoms with E-state index in [0.29, 0.717) is 0 Å². The van der Waals surface area contributed by atoms with Crippen LogP contribution >= 0.6 is 12.4 Å². The van der Waals surface area contributed by atoms with Gasteiger partial charge in [-0.05, 0) is 18.2 Å². The van der Waals surface area contributed by atoms with Gasteiger partial charge in [0.15, 0.2) is 0 Å². The van der Waals surface area contributed by atoms with Crippen LogP contribution in [0.1, 0.15) is 0 Å². The normalized spacial score (nSPS) is 8.62. The first kappa shape index (κ1) is 18.3. The minimum Gasteiger partial charge on any atom is -0.324 e. The van der Waals surface area contributed by atoms with Gasteiger partial charge in [0, 0.05) is 17.8 Å². The highest BCUT2D eigenvalue weighted by Crippen LogP contribution is 2.18. The number of hydrogen-bond acceptors (Lipinski definition) is 6. The van der Waals surface area contributed by atoms with Gasteiger partial charge in [0.2, 0.25) is 0 Å². The number of non-ortho nitro benzene ring substituents is 2. The van der Waals surface area contributed by atoms with Crippen LogP contribution in [0.3, 0.4) is 0 Å². The number of nitrogens with two attached hydrogens (primary N) is 1. The van der Waals surface area contributed by atoms with Crippen molar-refractivity contribution in [3.63, 3.8) is 0 Å². The zero-order chi connectivity index (χ0) is 15.0. The number of nitrogen functional groups attached to an aromatic ring is 1. The average molecular weight is 313 g/mol. The molecule has 0 spiro atoms. The van der Waals surface area contributed by atoms with Crippen LogP contribution in [0.15, 0.2) is 54.6 Å². The van der Waals surface area contributed by atoms with Crippen LogP contribution in [-0.2, 0) is 0 Å². The summed E-state index contributed by atoms with van der Waals surface area (Å²) in [5, 5.41) is 20.3. The van der Waals surface area contributed by atoms with E-state index in [0.717, 1.165) is 11.8 Å². The Labute approximate surface area is 126 Å². The maximum atomic E-state index is 10.2. The lowest BCUT2D eigenvalue weighted by molar-refractivity contribution is -0.394. The lowest BCUT2D eigenvalue weighted by Gasteiger charge is -1.94. The number of benzene rings is 2. The fourth-order valence-corrected chi connectivity index (χ4v) is 1.25. The third-order valence-corrected chi connectivity index (χ3v) is 2.19. The number of para-hydroxylation sites is 1. The Morgan fingerprint density at radius 3 is 1.67 bits per heavy atom. The number of rotatable bonds is 3. The second kappa shape index (κ2) is 9.23. The molecule has 2 aromatic carbocycles. The lowest BCUT2D eigenvalue weighted by Crippen LogP contribution is -2.05. The number of hydrogen-bond donors (Lipinski definition) is 2. The van der Waals surface area contributed by atoms with E-state index in [-0.39, 0.29) is 23.8 Å². The molecule has 0 radical (unpaired) electrons. The number of halogens is 1. The summed E-state index contributed by atoms with van der Waals surface area (Å²) in [4.78, 5) is 19.0. The molecule has 2 aromatic rings. The van der Waals surface area contributed by atoms with Crippen LogP contribution in [0.25, 0.3) is 0 Å². The van der Waals surface area contributed by atoms with Crippen molar-refractivity contribution in [1.29, 1.82) is 0 Å². The van der Waals surface area contributed by atoms with Gasteiger partial charge in [-0.25, -0.2) is 0 Å². The molecule has 2 rings (SSSR count). The Kier molecular flexibility index (Phi) is 8.04. The summed E-state index contributed by atoms with van der Waals surface area (Å²) in [5.74, 6) is 5.10. The van der Waals surface area contributed by atoms with Crippen molar-refractivity contribution in [2.75, 3.05) is 5.43 Å². The standard InChI is InChI=1S/C6H4N2O4.C6H8N2.ClH/c9-7(10)5-2-1-3-6(4-5)8(11)12;7-8-6-4-2-1-3-5-6;/h1-4H;1-5,8H,7H2;1H. The first-order chi connectivity index (χ1) is 9.54. The lowest BCUT2D eigenvalue weighted by atomic mass is 10.3. The minimum absolute atomic E-state index is 0. The molecule has 0 saturated heterocycles. The highest BCUT2D eigenvalue weighted by Gasteiger charge is 2.11. The number of nitrogens with zero attached hydrogens (tertiary/aromatic N) is 2. The summed E-state index contributed by atoms with van der Waals surface area (Å²) in [5.41, 5.74) is 2.92. The summed E-state index contributed by atoms with van der Waals surface area (Å²) in [7, 11) is 0. The minimum atomic E-state index is -0.674. The van der Waals surface area contributed by atoms with E-state index in [2.05, 4.69) is 5.43 Å². The fraction of sp³-hybridized carbons (Fsp3) is 0. The average Bonchev–Trinajstić information content (AvgIpc) is 2.49. The van der Waals surface area contributed by atoms with Gasteiger partial charge in [-0.2, -0.15) is 0 Å². The summed E-state index contributed by atoms with van der Waals surface area (Å²) >= 11 is 0. The first-order valence-corrected chi connectivity index (χ1v) is 5.45. The second-order valence-electron chi connectivity index (χ2n) is 3.54. The zero-order valence-electron chi connectivity index (χ0n) is 10.7. The van der Waals surface area contributed by atoms with Crippen molar-refractivity contribution in [3.05, 3.63) is 74.8 Å². The van der Waals surface area contributed by atoms with Gasteiger partial charge in [0.05, 0.1) is 15.9 Å². The first-order valence-electron chi connectivity index (χ1n) is 5.45. The van der Waals surface area contributed by atoms with Gasteiger partial charge in [-0.3, -0.25) is 26.1 Å². The molecular formula is C12H13ClN4O4. The van der Waals surface area contributed by atoms with Crippen LogP contribution in [0.5, 0.6) is 0 Å². The molecule has 112 valence electrons. The molecule has 0 amide bonds. The van der Waals surface area contributed by atoms with Gasteiger partial charge in [-0.1, -0.05) is 18.2 Å². The maximum Gasteiger partial charge on any atom is 0.276 e. The second-order valence-corrected chi connectivity index (χ2v) is 3.54. The monoisotopic (exact) mass is 312 g/mol. The molecule has 0 heterocycles. The predicted molar refractivity (Wildman–Crippen MR) is 81.3 cm³/mol. The van der Waals surface area contributed by atoms with Crippen molar-refractivity contribution < 1.29 is 9.85 Å². The highest BCUT2D eigenvalue weighted by molar-refractivity contribution is 5.85. The predicted octanol–water partition coefficient (Wildman–Crippen LogP) is 2.90. The summed E-state index contributed by atoms with van der Waals surface area (Å²) in [6.45, 7) is 0. The smallest absolute Gasteiger partial charge is 0.276 e. The molecule has 0 aliphatic heterocycles. The Hall–Kier alpha value is -2.71.